The lowest BCUT2D eigenvalue weighted by molar-refractivity contribution is 0.0775. The molecule has 0 atom stereocenters. The van der Waals surface area contributed by atoms with E-state index in [0.29, 0.717) is 18.2 Å². The molecular formula is C13H15FN2O. The Bertz CT molecular complexity index is 422. The molecule has 1 aromatic rings. The third kappa shape index (κ3) is 3.02. The molecule has 1 aliphatic rings. The van der Waals surface area contributed by atoms with Crippen LogP contribution in [0.25, 0.3) is 0 Å². The summed E-state index contributed by atoms with van der Waals surface area (Å²) in [5.41, 5.74) is 0.659. The molecule has 0 bridgehead atoms. The zero-order chi connectivity index (χ0) is 12.1. The molecule has 0 aliphatic carbocycles. The van der Waals surface area contributed by atoms with Crippen LogP contribution in [0.5, 0.6) is 0 Å². The first kappa shape index (κ1) is 12.0. The minimum atomic E-state index is -0.408. The quantitative estimate of drug-likeness (QED) is 0.869. The second kappa shape index (κ2) is 5.76. The molecule has 2 rings (SSSR count). The van der Waals surface area contributed by atoms with Crippen molar-refractivity contribution in [2.45, 2.75) is 25.4 Å². The van der Waals surface area contributed by atoms with E-state index in [0.717, 1.165) is 26.1 Å². The van der Waals surface area contributed by atoms with Gasteiger partial charge in [-0.2, -0.15) is 5.26 Å². The minimum absolute atomic E-state index is 0.108. The molecular weight excluding hydrogens is 219 g/mol. The Hall–Kier alpha value is -1.44. The molecule has 1 aliphatic heterocycles. The van der Waals surface area contributed by atoms with Crippen molar-refractivity contribution < 1.29 is 9.13 Å². The van der Waals surface area contributed by atoms with Gasteiger partial charge >= 0.3 is 0 Å². The standard InChI is InChI=1S/C13H15FN2O/c14-13-10(8-15)2-1-3-11(13)9-16-12-4-6-17-7-5-12/h1-3,12,16H,4-7,9H2. The summed E-state index contributed by atoms with van der Waals surface area (Å²) in [5.74, 6) is -0.408. The van der Waals surface area contributed by atoms with Gasteiger partial charge in [-0.15, -0.1) is 0 Å². The minimum Gasteiger partial charge on any atom is -0.381 e. The molecule has 17 heavy (non-hydrogen) atoms. The molecule has 0 radical (unpaired) electrons. The molecule has 0 spiro atoms. The number of nitriles is 1. The maximum absolute atomic E-state index is 13.7. The van der Waals surface area contributed by atoms with Crippen molar-refractivity contribution in [1.29, 1.82) is 5.26 Å². The van der Waals surface area contributed by atoms with Crippen LogP contribution in [0.4, 0.5) is 4.39 Å². The highest BCUT2D eigenvalue weighted by molar-refractivity contribution is 5.34. The number of nitrogens with zero attached hydrogens (tertiary/aromatic N) is 1. The third-order valence-corrected chi connectivity index (χ3v) is 3.00. The lowest BCUT2D eigenvalue weighted by Gasteiger charge is -2.23. The molecule has 1 N–H and O–H groups in total. The number of benzene rings is 1. The van der Waals surface area contributed by atoms with E-state index in [9.17, 15) is 4.39 Å². The monoisotopic (exact) mass is 234 g/mol. The number of hydrogen-bond acceptors (Lipinski definition) is 3. The Labute approximate surface area is 100 Å². The fourth-order valence-electron chi connectivity index (χ4n) is 1.96. The van der Waals surface area contributed by atoms with Crippen LogP contribution in [-0.2, 0) is 11.3 Å². The topological polar surface area (TPSA) is 45.0 Å². The van der Waals surface area contributed by atoms with Gasteiger partial charge < -0.3 is 10.1 Å². The molecule has 90 valence electrons. The van der Waals surface area contributed by atoms with Gasteiger partial charge in [0, 0.05) is 31.4 Å². The average Bonchev–Trinajstić information content (AvgIpc) is 2.39. The summed E-state index contributed by atoms with van der Waals surface area (Å²) in [4.78, 5) is 0. The van der Waals surface area contributed by atoms with E-state index in [-0.39, 0.29) is 5.56 Å². The zero-order valence-corrected chi connectivity index (χ0v) is 9.58. The van der Waals surface area contributed by atoms with E-state index in [1.807, 2.05) is 6.07 Å². The van der Waals surface area contributed by atoms with Crippen LogP contribution in [0.15, 0.2) is 18.2 Å². The lowest BCUT2D eigenvalue weighted by atomic mass is 10.1. The van der Waals surface area contributed by atoms with Crippen LogP contribution < -0.4 is 5.32 Å². The van der Waals surface area contributed by atoms with Gasteiger partial charge in [-0.3, -0.25) is 0 Å². The van der Waals surface area contributed by atoms with Crippen molar-refractivity contribution in [2.24, 2.45) is 0 Å². The van der Waals surface area contributed by atoms with Crippen molar-refractivity contribution in [3.63, 3.8) is 0 Å². The van der Waals surface area contributed by atoms with E-state index < -0.39 is 5.82 Å². The first-order valence-corrected chi connectivity index (χ1v) is 5.80. The lowest BCUT2D eigenvalue weighted by Crippen LogP contribution is -2.34. The molecule has 0 aromatic heterocycles. The molecule has 0 unspecified atom stereocenters. The summed E-state index contributed by atoms with van der Waals surface area (Å²) in [6, 6.07) is 7.15. The normalized spacial score (nSPS) is 16.7. The molecule has 1 heterocycles. The summed E-state index contributed by atoms with van der Waals surface area (Å²) in [5, 5.41) is 12.0. The Balaban J connectivity index is 1.96. The van der Waals surface area contributed by atoms with Gasteiger partial charge in [0.15, 0.2) is 0 Å². The fourth-order valence-corrected chi connectivity index (χ4v) is 1.96. The largest absolute Gasteiger partial charge is 0.381 e. The van der Waals surface area contributed by atoms with Gasteiger partial charge in [0.05, 0.1) is 5.56 Å². The Kier molecular flexibility index (Phi) is 4.08. The van der Waals surface area contributed by atoms with Gasteiger partial charge in [0.25, 0.3) is 0 Å². The SMILES string of the molecule is N#Cc1cccc(CNC2CCOCC2)c1F. The van der Waals surface area contributed by atoms with Gasteiger partial charge in [0.2, 0.25) is 0 Å². The Morgan fingerprint density at radius 1 is 1.41 bits per heavy atom. The van der Waals surface area contributed by atoms with E-state index in [2.05, 4.69) is 5.32 Å². The Morgan fingerprint density at radius 2 is 2.18 bits per heavy atom. The van der Waals surface area contributed by atoms with Crippen LogP contribution in [0.3, 0.4) is 0 Å². The third-order valence-electron chi connectivity index (χ3n) is 3.00. The average molecular weight is 234 g/mol. The summed E-state index contributed by atoms with van der Waals surface area (Å²) >= 11 is 0. The van der Waals surface area contributed by atoms with Crippen molar-refractivity contribution in [1.82, 2.24) is 5.32 Å². The number of rotatable bonds is 3. The van der Waals surface area contributed by atoms with Crippen molar-refractivity contribution in [3.8, 4) is 6.07 Å². The highest BCUT2D eigenvalue weighted by Gasteiger charge is 2.14. The van der Waals surface area contributed by atoms with Crippen LogP contribution in [0, 0.1) is 17.1 Å². The molecule has 0 saturated carbocycles. The first-order chi connectivity index (χ1) is 8.31. The predicted molar refractivity (Wildman–Crippen MR) is 61.8 cm³/mol. The van der Waals surface area contributed by atoms with Crippen LogP contribution in [0.2, 0.25) is 0 Å². The summed E-state index contributed by atoms with van der Waals surface area (Å²) in [7, 11) is 0. The van der Waals surface area contributed by atoms with Crippen molar-refractivity contribution in [2.75, 3.05) is 13.2 Å². The summed E-state index contributed by atoms with van der Waals surface area (Å²) < 4.78 is 19.0. The summed E-state index contributed by atoms with van der Waals surface area (Å²) in [6.45, 7) is 1.99. The molecule has 1 aromatic carbocycles. The van der Waals surface area contributed by atoms with E-state index in [1.165, 1.54) is 6.07 Å². The second-order valence-electron chi connectivity index (χ2n) is 4.16. The van der Waals surface area contributed by atoms with Gasteiger partial charge in [0.1, 0.15) is 11.9 Å². The number of halogens is 1. The molecule has 4 heteroatoms. The molecule has 3 nitrogen and oxygen atoms in total. The second-order valence-corrected chi connectivity index (χ2v) is 4.16. The molecule has 1 saturated heterocycles. The fraction of sp³-hybridized carbons (Fsp3) is 0.462. The van der Waals surface area contributed by atoms with Crippen LogP contribution in [0.1, 0.15) is 24.0 Å². The predicted octanol–water partition coefficient (Wildman–Crippen LogP) is 1.97. The number of nitrogens with one attached hydrogen (secondary N) is 1. The zero-order valence-electron chi connectivity index (χ0n) is 9.58. The summed E-state index contributed by atoms with van der Waals surface area (Å²) in [6.07, 6.45) is 1.92. The van der Waals surface area contributed by atoms with Crippen molar-refractivity contribution >= 4 is 0 Å². The maximum Gasteiger partial charge on any atom is 0.145 e. The first-order valence-electron chi connectivity index (χ1n) is 5.80. The number of hydrogen-bond donors (Lipinski definition) is 1. The van der Waals surface area contributed by atoms with Gasteiger partial charge in [-0.1, -0.05) is 12.1 Å². The van der Waals surface area contributed by atoms with Crippen LogP contribution in [-0.4, -0.2) is 19.3 Å². The highest BCUT2D eigenvalue weighted by atomic mass is 19.1. The van der Waals surface area contributed by atoms with Gasteiger partial charge in [-0.25, -0.2) is 4.39 Å². The molecule has 1 fully saturated rings. The van der Waals surface area contributed by atoms with Crippen molar-refractivity contribution in [3.05, 3.63) is 35.1 Å². The highest BCUT2D eigenvalue weighted by Crippen LogP contribution is 2.13. The van der Waals surface area contributed by atoms with Gasteiger partial charge in [-0.05, 0) is 18.9 Å². The van der Waals surface area contributed by atoms with E-state index in [4.69, 9.17) is 10.00 Å². The maximum atomic E-state index is 13.7. The van der Waals surface area contributed by atoms with Crippen LogP contribution >= 0.6 is 0 Å². The smallest absolute Gasteiger partial charge is 0.145 e. The number of ether oxygens (including phenoxy) is 1. The Morgan fingerprint density at radius 3 is 2.88 bits per heavy atom. The molecule has 0 amide bonds. The van der Waals surface area contributed by atoms with E-state index in [1.54, 1.807) is 12.1 Å². The van der Waals surface area contributed by atoms with E-state index >= 15 is 0 Å².